The van der Waals surface area contributed by atoms with Crippen LogP contribution in [0.1, 0.15) is 39.3 Å². The van der Waals surface area contributed by atoms with Crippen molar-refractivity contribution >= 4 is 16.5 Å². The van der Waals surface area contributed by atoms with Crippen LogP contribution in [0, 0.1) is 0 Å². The van der Waals surface area contributed by atoms with Gasteiger partial charge in [-0.3, -0.25) is 4.90 Å². The predicted molar refractivity (Wildman–Crippen MR) is 89.4 cm³/mol. The van der Waals surface area contributed by atoms with Gasteiger partial charge in [0, 0.05) is 42.7 Å². The lowest BCUT2D eigenvalue weighted by Crippen LogP contribution is -2.51. The Bertz CT molecular complexity index is 602. The maximum Gasteiger partial charge on any atom is 0.208 e. The Morgan fingerprint density at radius 1 is 1.32 bits per heavy atom. The van der Waals surface area contributed by atoms with Crippen molar-refractivity contribution in [3.8, 4) is 0 Å². The lowest BCUT2D eigenvalue weighted by atomic mass is 9.94. The monoisotopic (exact) mass is 320 g/mol. The number of thiazole rings is 1. The quantitative estimate of drug-likeness (QED) is 0.869. The van der Waals surface area contributed by atoms with Crippen molar-refractivity contribution in [2.75, 3.05) is 24.5 Å². The molecule has 0 aromatic carbocycles. The predicted octanol–water partition coefficient (Wildman–Crippen LogP) is 3.14. The normalized spacial score (nSPS) is 20.5. The van der Waals surface area contributed by atoms with E-state index in [1.165, 1.54) is 0 Å². The zero-order valence-electron chi connectivity index (χ0n) is 13.7. The summed E-state index contributed by atoms with van der Waals surface area (Å²) in [6.45, 7) is 12.5. The smallest absolute Gasteiger partial charge is 0.208 e. The summed E-state index contributed by atoms with van der Waals surface area (Å²) in [6, 6.07) is 0.456. The van der Waals surface area contributed by atoms with Crippen LogP contribution < -0.4 is 4.90 Å². The van der Waals surface area contributed by atoms with Crippen LogP contribution in [0.5, 0.6) is 0 Å². The maximum atomic E-state index is 5.91. The first-order valence-electron chi connectivity index (χ1n) is 7.77. The van der Waals surface area contributed by atoms with Gasteiger partial charge in [0.05, 0.1) is 12.7 Å². The van der Waals surface area contributed by atoms with Crippen molar-refractivity contribution < 1.29 is 4.42 Å². The average Bonchev–Trinajstić information content (AvgIpc) is 3.09. The molecule has 0 amide bonds. The van der Waals surface area contributed by atoms with Crippen molar-refractivity contribution in [3.05, 3.63) is 29.4 Å². The number of oxazole rings is 1. The Labute approximate surface area is 136 Å². The molecule has 0 radical (unpaired) electrons. The molecule has 22 heavy (non-hydrogen) atoms. The van der Waals surface area contributed by atoms with Gasteiger partial charge >= 0.3 is 0 Å². The van der Waals surface area contributed by atoms with Crippen molar-refractivity contribution in [3.63, 3.8) is 0 Å². The van der Waals surface area contributed by atoms with Crippen molar-refractivity contribution in [1.82, 2.24) is 14.9 Å². The number of hydrogen-bond acceptors (Lipinski definition) is 6. The van der Waals surface area contributed by atoms with Gasteiger partial charge in [-0.05, 0) is 6.92 Å². The second-order valence-electron chi connectivity index (χ2n) is 6.96. The Kier molecular flexibility index (Phi) is 4.23. The van der Waals surface area contributed by atoms with Gasteiger partial charge in [-0.15, -0.1) is 11.3 Å². The summed E-state index contributed by atoms with van der Waals surface area (Å²) in [5, 5.41) is 3.16. The van der Waals surface area contributed by atoms with E-state index in [1.807, 2.05) is 17.8 Å². The van der Waals surface area contributed by atoms with E-state index < -0.39 is 0 Å². The molecule has 1 saturated heterocycles. The van der Waals surface area contributed by atoms with Crippen LogP contribution in [-0.4, -0.2) is 40.5 Å². The standard InChI is InChI=1S/C16H24N4OS/c1-12-10-19(6-7-20(12)15-17-5-8-22-15)11-14-18-9-13(21-14)16(2,3)4/h5,8-9,12H,6-7,10-11H2,1-4H3/t12-/m0/s1. The molecule has 2 aromatic heterocycles. The molecular weight excluding hydrogens is 296 g/mol. The van der Waals surface area contributed by atoms with E-state index in [1.54, 1.807) is 11.3 Å². The van der Waals surface area contributed by atoms with Gasteiger partial charge in [-0.1, -0.05) is 20.8 Å². The zero-order chi connectivity index (χ0) is 15.7. The molecule has 3 heterocycles. The highest BCUT2D eigenvalue weighted by molar-refractivity contribution is 7.13. The molecule has 1 aliphatic rings. The van der Waals surface area contributed by atoms with Gasteiger partial charge in [-0.25, -0.2) is 9.97 Å². The number of anilines is 1. The second kappa shape index (κ2) is 6.01. The summed E-state index contributed by atoms with van der Waals surface area (Å²) in [7, 11) is 0. The fourth-order valence-corrected chi connectivity index (χ4v) is 3.51. The van der Waals surface area contributed by atoms with E-state index in [9.17, 15) is 0 Å². The van der Waals surface area contributed by atoms with Crippen LogP contribution in [0.2, 0.25) is 0 Å². The van der Waals surface area contributed by atoms with Crippen LogP contribution in [0.3, 0.4) is 0 Å². The lowest BCUT2D eigenvalue weighted by molar-refractivity contribution is 0.198. The van der Waals surface area contributed by atoms with Crippen LogP contribution >= 0.6 is 11.3 Å². The number of piperazine rings is 1. The average molecular weight is 320 g/mol. The molecule has 0 bridgehead atoms. The molecule has 6 heteroatoms. The van der Waals surface area contributed by atoms with Gasteiger partial charge in [0.1, 0.15) is 5.76 Å². The molecule has 2 aromatic rings. The summed E-state index contributed by atoms with van der Waals surface area (Å²) in [5.41, 5.74) is 0.0160. The Morgan fingerprint density at radius 3 is 2.73 bits per heavy atom. The molecule has 0 unspecified atom stereocenters. The molecule has 3 rings (SSSR count). The van der Waals surface area contributed by atoms with Gasteiger partial charge in [0.25, 0.3) is 0 Å². The summed E-state index contributed by atoms with van der Waals surface area (Å²) >= 11 is 1.71. The minimum absolute atomic E-state index is 0.0160. The van der Waals surface area contributed by atoms with E-state index in [4.69, 9.17) is 4.42 Å². The molecule has 1 fully saturated rings. The van der Waals surface area contributed by atoms with E-state index in [0.717, 1.165) is 43.0 Å². The van der Waals surface area contributed by atoms with E-state index in [2.05, 4.69) is 47.5 Å². The van der Waals surface area contributed by atoms with Crippen molar-refractivity contribution in [2.45, 2.75) is 45.7 Å². The lowest BCUT2D eigenvalue weighted by Gasteiger charge is -2.39. The highest BCUT2D eigenvalue weighted by Crippen LogP contribution is 2.25. The number of aromatic nitrogens is 2. The Balaban J connectivity index is 1.60. The minimum atomic E-state index is 0.0160. The molecule has 0 saturated carbocycles. The third-order valence-corrected chi connectivity index (χ3v) is 4.84. The molecule has 5 nitrogen and oxygen atoms in total. The van der Waals surface area contributed by atoms with Crippen LogP contribution in [0.4, 0.5) is 5.13 Å². The topological polar surface area (TPSA) is 45.4 Å². The summed E-state index contributed by atoms with van der Waals surface area (Å²) in [4.78, 5) is 13.7. The highest BCUT2D eigenvalue weighted by atomic mass is 32.1. The molecule has 0 aliphatic carbocycles. The molecular formula is C16H24N4OS. The van der Waals surface area contributed by atoms with Gasteiger partial charge in [0.2, 0.25) is 5.89 Å². The fraction of sp³-hybridized carbons (Fsp3) is 0.625. The minimum Gasteiger partial charge on any atom is -0.444 e. The number of rotatable bonds is 3. The molecule has 1 aliphatic heterocycles. The second-order valence-corrected chi connectivity index (χ2v) is 7.83. The summed E-state index contributed by atoms with van der Waals surface area (Å²) in [5.74, 6) is 1.77. The third kappa shape index (κ3) is 3.33. The first-order chi connectivity index (χ1) is 10.4. The summed E-state index contributed by atoms with van der Waals surface area (Å²) in [6.07, 6.45) is 3.74. The fourth-order valence-electron chi connectivity index (χ4n) is 2.74. The van der Waals surface area contributed by atoms with Crippen LogP contribution in [-0.2, 0) is 12.0 Å². The Morgan fingerprint density at radius 2 is 2.14 bits per heavy atom. The van der Waals surface area contributed by atoms with E-state index >= 15 is 0 Å². The van der Waals surface area contributed by atoms with E-state index in [0.29, 0.717) is 6.04 Å². The van der Waals surface area contributed by atoms with Crippen LogP contribution in [0.15, 0.2) is 22.2 Å². The van der Waals surface area contributed by atoms with Gasteiger partial charge < -0.3 is 9.32 Å². The summed E-state index contributed by atoms with van der Waals surface area (Å²) < 4.78 is 5.91. The largest absolute Gasteiger partial charge is 0.444 e. The number of nitrogens with zero attached hydrogens (tertiary/aromatic N) is 4. The van der Waals surface area contributed by atoms with Crippen molar-refractivity contribution in [2.24, 2.45) is 0 Å². The SMILES string of the molecule is C[C@H]1CN(Cc2ncc(C(C)(C)C)o2)CCN1c1nccs1. The first kappa shape index (κ1) is 15.5. The molecule has 1 atom stereocenters. The molecule has 0 spiro atoms. The zero-order valence-corrected chi connectivity index (χ0v) is 14.6. The first-order valence-corrected chi connectivity index (χ1v) is 8.65. The molecule has 120 valence electrons. The van der Waals surface area contributed by atoms with Crippen LogP contribution in [0.25, 0.3) is 0 Å². The maximum absolute atomic E-state index is 5.91. The number of hydrogen-bond donors (Lipinski definition) is 0. The van der Waals surface area contributed by atoms with Gasteiger partial charge in [-0.2, -0.15) is 0 Å². The van der Waals surface area contributed by atoms with Gasteiger partial charge in [0.15, 0.2) is 5.13 Å². The van der Waals surface area contributed by atoms with Crippen molar-refractivity contribution in [1.29, 1.82) is 0 Å². The highest BCUT2D eigenvalue weighted by Gasteiger charge is 2.26. The van der Waals surface area contributed by atoms with E-state index in [-0.39, 0.29) is 5.41 Å². The Hall–Kier alpha value is -1.40. The third-order valence-electron chi connectivity index (χ3n) is 4.03. The molecule has 0 N–H and O–H groups in total.